The third-order valence-electron chi connectivity index (χ3n) is 6.06. The zero-order valence-electron chi connectivity index (χ0n) is 11.2. The Balaban J connectivity index is 2.04. The number of rotatable bonds is 0. The van der Waals surface area contributed by atoms with Crippen molar-refractivity contribution in [1.29, 1.82) is 0 Å². The van der Waals surface area contributed by atoms with E-state index in [1.165, 1.54) is 5.76 Å². The predicted octanol–water partition coefficient (Wildman–Crippen LogP) is 3.32. The van der Waals surface area contributed by atoms with Gasteiger partial charge in [0.25, 0.3) is 0 Å². The van der Waals surface area contributed by atoms with Gasteiger partial charge < -0.3 is 4.74 Å². The van der Waals surface area contributed by atoms with Crippen LogP contribution in [-0.2, 0) is 9.53 Å². The fourth-order valence-electron chi connectivity index (χ4n) is 4.13. The van der Waals surface area contributed by atoms with Crippen molar-refractivity contribution in [2.24, 2.45) is 22.7 Å². The van der Waals surface area contributed by atoms with E-state index in [1.807, 2.05) is 6.92 Å². The van der Waals surface area contributed by atoms with Crippen molar-refractivity contribution in [3.05, 3.63) is 11.8 Å². The van der Waals surface area contributed by atoms with Crippen LogP contribution in [0.25, 0.3) is 0 Å². The van der Waals surface area contributed by atoms with Crippen LogP contribution in [0.4, 0.5) is 0 Å². The summed E-state index contributed by atoms with van der Waals surface area (Å²) in [7, 11) is 0. The van der Waals surface area contributed by atoms with Crippen molar-refractivity contribution in [3.63, 3.8) is 0 Å². The van der Waals surface area contributed by atoms with Crippen molar-refractivity contribution >= 4 is 5.78 Å². The van der Waals surface area contributed by atoms with E-state index in [4.69, 9.17) is 4.74 Å². The van der Waals surface area contributed by atoms with Crippen LogP contribution in [0.2, 0.25) is 0 Å². The highest BCUT2D eigenvalue weighted by atomic mass is 16.5. The summed E-state index contributed by atoms with van der Waals surface area (Å²) < 4.78 is 6.19. The zero-order valence-corrected chi connectivity index (χ0v) is 11.2. The van der Waals surface area contributed by atoms with Crippen molar-refractivity contribution in [2.75, 3.05) is 0 Å². The lowest BCUT2D eigenvalue weighted by atomic mass is 9.51. The van der Waals surface area contributed by atoms with E-state index in [2.05, 4.69) is 26.8 Å². The van der Waals surface area contributed by atoms with Crippen LogP contribution in [-0.4, -0.2) is 11.9 Å². The molecule has 2 bridgehead atoms. The largest absolute Gasteiger partial charge is 0.494 e. The van der Waals surface area contributed by atoms with E-state index in [0.29, 0.717) is 18.1 Å². The molecule has 2 nitrogen and oxygen atoms in total. The highest BCUT2D eigenvalue weighted by Crippen LogP contribution is 2.64. The minimum atomic E-state index is 0.0203. The van der Waals surface area contributed by atoms with E-state index >= 15 is 0 Å². The molecule has 3 aliphatic rings. The monoisotopic (exact) mass is 234 g/mol. The molecule has 5 atom stereocenters. The first-order valence-electron chi connectivity index (χ1n) is 6.78. The van der Waals surface area contributed by atoms with E-state index in [9.17, 15) is 4.79 Å². The predicted molar refractivity (Wildman–Crippen MR) is 66.4 cm³/mol. The molecular formula is C15H22O2. The number of Topliss-reactive ketones (excluding diaryl/α,β-unsaturated/α-hetero) is 1. The Bertz CT molecular complexity index is 411. The molecule has 1 saturated heterocycles. The summed E-state index contributed by atoms with van der Waals surface area (Å²) in [6.07, 6.45) is 5.15. The van der Waals surface area contributed by atoms with Gasteiger partial charge >= 0.3 is 0 Å². The topological polar surface area (TPSA) is 26.3 Å². The van der Waals surface area contributed by atoms with Gasteiger partial charge in [-0.05, 0) is 24.3 Å². The Kier molecular flexibility index (Phi) is 2.10. The summed E-state index contributed by atoms with van der Waals surface area (Å²) in [6.45, 7) is 8.92. The maximum absolute atomic E-state index is 12.1. The Morgan fingerprint density at radius 1 is 1.29 bits per heavy atom. The second kappa shape index (κ2) is 3.15. The fraction of sp³-hybridized carbons (Fsp3) is 0.800. The minimum Gasteiger partial charge on any atom is -0.494 e. The fourth-order valence-corrected chi connectivity index (χ4v) is 4.13. The number of fused-ring (bicyclic) bond motifs is 4. The molecule has 0 aromatic carbocycles. The van der Waals surface area contributed by atoms with Crippen LogP contribution in [0.1, 0.15) is 47.0 Å². The molecule has 0 N–H and O–H groups in total. The first-order valence-corrected chi connectivity index (χ1v) is 6.78. The summed E-state index contributed by atoms with van der Waals surface area (Å²) in [5, 5.41) is 0. The van der Waals surface area contributed by atoms with Crippen LogP contribution < -0.4 is 0 Å². The normalized spacial score (nSPS) is 52.8. The van der Waals surface area contributed by atoms with Crippen LogP contribution >= 0.6 is 0 Å². The van der Waals surface area contributed by atoms with Crippen molar-refractivity contribution in [1.82, 2.24) is 0 Å². The zero-order chi connectivity index (χ0) is 12.4. The summed E-state index contributed by atoms with van der Waals surface area (Å²) in [4.78, 5) is 12.1. The molecule has 1 heterocycles. The first kappa shape index (κ1) is 11.3. The Morgan fingerprint density at radius 2 is 2.00 bits per heavy atom. The molecular weight excluding hydrogens is 212 g/mol. The molecule has 0 radical (unpaired) electrons. The maximum Gasteiger partial charge on any atom is 0.136 e. The highest BCUT2D eigenvalue weighted by molar-refractivity contribution is 5.82. The molecule has 94 valence electrons. The van der Waals surface area contributed by atoms with E-state index in [-0.39, 0.29) is 22.9 Å². The third-order valence-corrected chi connectivity index (χ3v) is 6.06. The van der Waals surface area contributed by atoms with E-state index in [1.54, 1.807) is 0 Å². The van der Waals surface area contributed by atoms with Crippen molar-refractivity contribution in [3.8, 4) is 0 Å². The lowest BCUT2D eigenvalue weighted by Gasteiger charge is -2.57. The lowest BCUT2D eigenvalue weighted by Crippen LogP contribution is -2.57. The third kappa shape index (κ3) is 1.19. The van der Waals surface area contributed by atoms with E-state index in [0.717, 1.165) is 12.8 Å². The molecule has 3 rings (SSSR count). The average molecular weight is 234 g/mol. The quantitative estimate of drug-likeness (QED) is 0.642. The number of hydrogen-bond donors (Lipinski definition) is 0. The smallest absolute Gasteiger partial charge is 0.136 e. The minimum absolute atomic E-state index is 0.0203. The number of ketones is 1. The van der Waals surface area contributed by atoms with E-state index < -0.39 is 0 Å². The molecule has 2 aliphatic carbocycles. The molecule has 1 aliphatic heterocycles. The van der Waals surface area contributed by atoms with Crippen molar-refractivity contribution in [2.45, 2.75) is 53.1 Å². The number of carbonyl (C=O) groups is 1. The highest BCUT2D eigenvalue weighted by Gasteiger charge is 2.62. The van der Waals surface area contributed by atoms with Gasteiger partial charge in [0.2, 0.25) is 0 Å². The molecule has 0 amide bonds. The Morgan fingerprint density at radius 3 is 2.71 bits per heavy atom. The van der Waals surface area contributed by atoms with Gasteiger partial charge in [-0.25, -0.2) is 0 Å². The SMILES string of the molecule is CC1C[C@H]2OC3=CC[C@@](C)([C@@H]3C)[C@@]2(C)CC1=O. The van der Waals surface area contributed by atoms with Crippen LogP contribution in [0.15, 0.2) is 11.8 Å². The van der Waals surface area contributed by atoms with Gasteiger partial charge in [-0.1, -0.05) is 27.7 Å². The van der Waals surface area contributed by atoms with Gasteiger partial charge in [0.15, 0.2) is 0 Å². The van der Waals surface area contributed by atoms with Gasteiger partial charge in [0.05, 0.1) is 5.76 Å². The molecule has 1 saturated carbocycles. The molecule has 17 heavy (non-hydrogen) atoms. The molecule has 0 spiro atoms. The second-order valence-corrected chi connectivity index (χ2v) is 6.75. The average Bonchev–Trinajstić information content (AvgIpc) is 2.49. The number of allylic oxidation sites excluding steroid dienone is 2. The molecule has 2 fully saturated rings. The summed E-state index contributed by atoms with van der Waals surface area (Å²) in [5.41, 5.74) is 0.230. The lowest BCUT2D eigenvalue weighted by molar-refractivity contribution is -0.171. The molecule has 1 unspecified atom stereocenters. The van der Waals surface area contributed by atoms with Crippen molar-refractivity contribution < 1.29 is 9.53 Å². The Hall–Kier alpha value is -0.790. The molecule has 2 heteroatoms. The van der Waals surface area contributed by atoms with Gasteiger partial charge in [0.1, 0.15) is 11.9 Å². The summed E-state index contributed by atoms with van der Waals surface area (Å²) in [5.74, 6) is 2.24. The number of hydrogen-bond acceptors (Lipinski definition) is 2. The summed E-state index contributed by atoms with van der Waals surface area (Å²) in [6, 6.07) is 0. The van der Waals surface area contributed by atoms with Gasteiger partial charge in [-0.2, -0.15) is 0 Å². The number of carbonyl (C=O) groups excluding carboxylic acids is 1. The van der Waals surface area contributed by atoms with Gasteiger partial charge in [-0.15, -0.1) is 0 Å². The molecule has 0 aromatic rings. The summed E-state index contributed by atoms with van der Waals surface area (Å²) >= 11 is 0. The first-order chi connectivity index (χ1) is 7.88. The van der Waals surface area contributed by atoms with Crippen LogP contribution in [0, 0.1) is 22.7 Å². The van der Waals surface area contributed by atoms with Gasteiger partial charge in [0, 0.05) is 23.7 Å². The van der Waals surface area contributed by atoms with Gasteiger partial charge in [-0.3, -0.25) is 4.79 Å². The van der Waals surface area contributed by atoms with Crippen LogP contribution in [0.3, 0.4) is 0 Å². The number of ether oxygens (including phenoxy) is 1. The maximum atomic E-state index is 12.1. The molecule has 0 aromatic heterocycles. The Labute approximate surface area is 103 Å². The second-order valence-electron chi connectivity index (χ2n) is 6.75. The standard InChI is InChI=1S/C15H22O2/c1-9-7-13-15(4,8-11(9)16)14(3)6-5-12(17-13)10(14)2/h5,9-10,13H,6-8H2,1-4H3/t9?,10-,13-,14+,15+/m1/s1. The van der Waals surface area contributed by atoms with Crippen LogP contribution in [0.5, 0.6) is 0 Å².